The minimum atomic E-state index is -0.0808. The van der Waals surface area contributed by atoms with Crippen LogP contribution in [-0.2, 0) is 13.0 Å². The molecule has 1 N–H and O–H groups in total. The van der Waals surface area contributed by atoms with Gasteiger partial charge in [-0.2, -0.15) is 0 Å². The van der Waals surface area contributed by atoms with Gasteiger partial charge in [0.1, 0.15) is 18.2 Å². The fourth-order valence-electron chi connectivity index (χ4n) is 3.82. The average Bonchev–Trinajstić information content (AvgIpc) is 3.20. The number of aryl methyl sites for hydroxylation is 1. The van der Waals surface area contributed by atoms with Gasteiger partial charge >= 0.3 is 0 Å². The van der Waals surface area contributed by atoms with Crippen LogP contribution in [0.1, 0.15) is 47.9 Å². The maximum Gasteiger partial charge on any atom is 0.251 e. The molecule has 0 aliphatic carbocycles. The molecule has 0 radical (unpaired) electrons. The molecule has 1 amide bonds. The number of ether oxygens (including phenoxy) is 1. The van der Waals surface area contributed by atoms with Gasteiger partial charge in [-0.25, -0.2) is 4.98 Å². The molecule has 4 rings (SSSR count). The van der Waals surface area contributed by atoms with Crippen LogP contribution in [0.2, 0.25) is 0 Å². The molecule has 2 heterocycles. The van der Waals surface area contributed by atoms with Crippen molar-refractivity contribution in [2.24, 2.45) is 0 Å². The van der Waals surface area contributed by atoms with E-state index in [1.165, 1.54) is 5.56 Å². The van der Waals surface area contributed by atoms with Gasteiger partial charge in [0.2, 0.25) is 0 Å². The molecular weight excluding hydrogens is 412 g/mol. The van der Waals surface area contributed by atoms with Gasteiger partial charge in [0.15, 0.2) is 0 Å². The van der Waals surface area contributed by atoms with Crippen molar-refractivity contribution >= 4 is 16.9 Å². The molecule has 6 heteroatoms. The normalized spacial score (nSPS) is 11.1. The molecule has 0 fully saturated rings. The zero-order valence-electron chi connectivity index (χ0n) is 19.2. The standard InChI is InChI=1S/C27H30N4O2/c1-20(2)21-9-11-23(12-10-21)33-19-18-31-25-7-4-3-6-24(25)30-26(31)8-5-15-29-27(32)22-13-16-28-17-14-22/h3-4,6-7,9-14,16-17,20H,5,8,15,18-19H2,1-2H3,(H,29,32). The zero-order valence-corrected chi connectivity index (χ0v) is 19.2. The smallest absolute Gasteiger partial charge is 0.251 e. The number of rotatable bonds is 10. The Kier molecular flexibility index (Phi) is 7.35. The SMILES string of the molecule is CC(C)c1ccc(OCCn2c(CCCNC(=O)c3ccncc3)nc3ccccc32)cc1. The Morgan fingerprint density at radius 3 is 2.55 bits per heavy atom. The first-order valence-electron chi connectivity index (χ1n) is 11.5. The second kappa shape index (κ2) is 10.8. The molecular formula is C27H30N4O2. The van der Waals surface area contributed by atoms with Crippen molar-refractivity contribution in [1.29, 1.82) is 0 Å². The van der Waals surface area contributed by atoms with E-state index in [1.54, 1.807) is 24.5 Å². The minimum Gasteiger partial charge on any atom is -0.492 e. The van der Waals surface area contributed by atoms with Crippen LogP contribution < -0.4 is 10.1 Å². The van der Waals surface area contributed by atoms with Crippen molar-refractivity contribution in [2.75, 3.05) is 13.2 Å². The van der Waals surface area contributed by atoms with Gasteiger partial charge in [-0.15, -0.1) is 0 Å². The predicted molar refractivity (Wildman–Crippen MR) is 131 cm³/mol. The third-order valence-corrected chi connectivity index (χ3v) is 5.67. The molecule has 4 aromatic rings. The molecule has 6 nitrogen and oxygen atoms in total. The number of para-hydroxylation sites is 2. The molecule has 2 aromatic carbocycles. The number of benzene rings is 2. The lowest BCUT2D eigenvalue weighted by Crippen LogP contribution is -2.25. The summed E-state index contributed by atoms with van der Waals surface area (Å²) in [6.07, 6.45) is 4.82. The molecule has 0 aliphatic rings. The Morgan fingerprint density at radius 2 is 1.79 bits per heavy atom. The molecule has 0 saturated heterocycles. The van der Waals surface area contributed by atoms with Crippen LogP contribution in [0.5, 0.6) is 5.75 Å². The molecule has 0 bridgehead atoms. The Morgan fingerprint density at radius 1 is 1.03 bits per heavy atom. The summed E-state index contributed by atoms with van der Waals surface area (Å²) in [4.78, 5) is 21.0. The second-order valence-corrected chi connectivity index (χ2v) is 8.34. The highest BCUT2D eigenvalue weighted by Gasteiger charge is 2.11. The van der Waals surface area contributed by atoms with E-state index in [9.17, 15) is 4.79 Å². The average molecular weight is 443 g/mol. The molecule has 0 unspecified atom stereocenters. The summed E-state index contributed by atoms with van der Waals surface area (Å²) in [6, 6.07) is 19.9. The summed E-state index contributed by atoms with van der Waals surface area (Å²) in [5.41, 5.74) is 4.01. The van der Waals surface area contributed by atoms with E-state index in [0.717, 1.165) is 35.4 Å². The highest BCUT2D eigenvalue weighted by Crippen LogP contribution is 2.20. The number of fused-ring (bicyclic) bond motifs is 1. The number of carbonyl (C=O) groups excluding carboxylic acids is 1. The maximum atomic E-state index is 12.2. The van der Waals surface area contributed by atoms with Crippen molar-refractivity contribution in [3.63, 3.8) is 0 Å². The van der Waals surface area contributed by atoms with Crippen molar-refractivity contribution < 1.29 is 9.53 Å². The topological polar surface area (TPSA) is 69.0 Å². The fourth-order valence-corrected chi connectivity index (χ4v) is 3.82. The molecule has 33 heavy (non-hydrogen) atoms. The minimum absolute atomic E-state index is 0.0808. The van der Waals surface area contributed by atoms with E-state index in [0.29, 0.717) is 31.2 Å². The molecule has 0 aliphatic heterocycles. The van der Waals surface area contributed by atoms with Crippen LogP contribution in [0, 0.1) is 0 Å². The number of nitrogens with zero attached hydrogens (tertiary/aromatic N) is 3. The molecule has 2 aromatic heterocycles. The van der Waals surface area contributed by atoms with E-state index < -0.39 is 0 Å². The van der Waals surface area contributed by atoms with E-state index in [-0.39, 0.29) is 5.91 Å². The molecule has 0 saturated carbocycles. The Hall–Kier alpha value is -3.67. The summed E-state index contributed by atoms with van der Waals surface area (Å²) in [6.45, 7) is 6.24. The Balaban J connectivity index is 1.35. The number of imidazole rings is 1. The quantitative estimate of drug-likeness (QED) is 0.351. The van der Waals surface area contributed by atoms with Gasteiger partial charge in [0, 0.05) is 30.9 Å². The van der Waals surface area contributed by atoms with Gasteiger partial charge in [-0.1, -0.05) is 38.1 Å². The highest BCUT2D eigenvalue weighted by molar-refractivity contribution is 5.93. The summed E-state index contributed by atoms with van der Waals surface area (Å²) in [5, 5.41) is 2.97. The van der Waals surface area contributed by atoms with Crippen LogP contribution in [-0.4, -0.2) is 33.6 Å². The number of amides is 1. The lowest BCUT2D eigenvalue weighted by Gasteiger charge is -2.12. The Bertz CT molecular complexity index is 1180. The first-order chi connectivity index (χ1) is 16.1. The van der Waals surface area contributed by atoms with Crippen LogP contribution >= 0.6 is 0 Å². The van der Waals surface area contributed by atoms with E-state index in [1.807, 2.05) is 30.3 Å². The number of nitrogens with one attached hydrogen (secondary N) is 1. The summed E-state index contributed by atoms with van der Waals surface area (Å²) in [7, 11) is 0. The van der Waals surface area contributed by atoms with E-state index >= 15 is 0 Å². The van der Waals surface area contributed by atoms with E-state index in [4.69, 9.17) is 9.72 Å². The maximum absolute atomic E-state index is 12.2. The third kappa shape index (κ3) is 5.77. The summed E-state index contributed by atoms with van der Waals surface area (Å²) < 4.78 is 8.24. The van der Waals surface area contributed by atoms with Crippen molar-refractivity contribution in [3.05, 3.63) is 90.0 Å². The van der Waals surface area contributed by atoms with Gasteiger partial charge in [-0.3, -0.25) is 9.78 Å². The molecule has 170 valence electrons. The summed E-state index contributed by atoms with van der Waals surface area (Å²) >= 11 is 0. The number of hydrogen-bond donors (Lipinski definition) is 1. The van der Waals surface area contributed by atoms with Crippen LogP contribution in [0.15, 0.2) is 73.1 Å². The molecule has 0 atom stereocenters. The Labute approximate surface area is 194 Å². The number of hydrogen-bond acceptors (Lipinski definition) is 4. The monoisotopic (exact) mass is 442 g/mol. The fraction of sp³-hybridized carbons (Fsp3) is 0.296. The van der Waals surface area contributed by atoms with Crippen LogP contribution in [0.3, 0.4) is 0 Å². The predicted octanol–water partition coefficient (Wildman–Crippen LogP) is 5.00. The lowest BCUT2D eigenvalue weighted by molar-refractivity contribution is 0.0953. The molecule has 0 spiro atoms. The van der Waals surface area contributed by atoms with Gasteiger partial charge in [0.25, 0.3) is 5.91 Å². The van der Waals surface area contributed by atoms with Gasteiger partial charge in [0.05, 0.1) is 17.6 Å². The van der Waals surface area contributed by atoms with Gasteiger partial charge < -0.3 is 14.6 Å². The lowest BCUT2D eigenvalue weighted by atomic mass is 10.0. The first kappa shape index (κ1) is 22.5. The van der Waals surface area contributed by atoms with Crippen molar-refractivity contribution in [1.82, 2.24) is 19.9 Å². The van der Waals surface area contributed by atoms with Crippen molar-refractivity contribution in [2.45, 2.75) is 39.2 Å². The zero-order chi connectivity index (χ0) is 23.0. The first-order valence-corrected chi connectivity index (χ1v) is 11.5. The number of pyridine rings is 1. The van der Waals surface area contributed by atoms with Gasteiger partial charge in [-0.05, 0) is 54.3 Å². The van der Waals surface area contributed by atoms with E-state index in [2.05, 4.69) is 46.9 Å². The number of aromatic nitrogens is 3. The van der Waals surface area contributed by atoms with Crippen molar-refractivity contribution in [3.8, 4) is 5.75 Å². The van der Waals surface area contributed by atoms with Crippen LogP contribution in [0.25, 0.3) is 11.0 Å². The largest absolute Gasteiger partial charge is 0.492 e. The summed E-state index contributed by atoms with van der Waals surface area (Å²) in [5.74, 6) is 2.31. The van der Waals surface area contributed by atoms with Crippen LogP contribution in [0.4, 0.5) is 0 Å². The second-order valence-electron chi connectivity index (χ2n) is 8.34. The third-order valence-electron chi connectivity index (χ3n) is 5.67. The number of carbonyl (C=O) groups is 1. The highest BCUT2D eigenvalue weighted by atomic mass is 16.5.